The zero-order valence-corrected chi connectivity index (χ0v) is 12.7. The van der Waals surface area contributed by atoms with Crippen LogP contribution in [0.5, 0.6) is 0 Å². The highest BCUT2D eigenvalue weighted by molar-refractivity contribution is 7.10. The molecule has 0 saturated carbocycles. The molecular weight excluding hydrogens is 270 g/mol. The van der Waals surface area contributed by atoms with Gasteiger partial charge in [0.2, 0.25) is 5.91 Å². The van der Waals surface area contributed by atoms with Crippen LogP contribution in [0.15, 0.2) is 11.4 Å². The number of nitrogens with zero attached hydrogens (tertiary/aromatic N) is 1. The highest BCUT2D eigenvalue weighted by atomic mass is 32.1. The third-order valence-corrected chi connectivity index (χ3v) is 5.25. The van der Waals surface area contributed by atoms with Crippen LogP contribution in [0.2, 0.25) is 0 Å². The summed E-state index contributed by atoms with van der Waals surface area (Å²) in [5.74, 6) is 0.192. The van der Waals surface area contributed by atoms with Crippen LogP contribution < -0.4 is 10.6 Å². The van der Waals surface area contributed by atoms with Crippen LogP contribution in [0.1, 0.15) is 29.7 Å². The number of rotatable bonds is 5. The molecule has 5 heteroatoms. The quantitative estimate of drug-likeness (QED) is 0.862. The van der Waals surface area contributed by atoms with E-state index in [-0.39, 0.29) is 5.91 Å². The average Bonchev–Trinajstić information content (AvgIpc) is 3.09. The Bertz CT molecular complexity index is 454. The predicted molar refractivity (Wildman–Crippen MR) is 82.0 cm³/mol. The molecule has 4 nitrogen and oxygen atoms in total. The van der Waals surface area contributed by atoms with E-state index in [1.54, 1.807) is 0 Å². The summed E-state index contributed by atoms with van der Waals surface area (Å²) in [6, 6.07) is 2.63. The predicted octanol–water partition coefficient (Wildman–Crippen LogP) is 1.36. The van der Waals surface area contributed by atoms with Gasteiger partial charge in [0.1, 0.15) is 0 Å². The molecule has 1 aromatic rings. The molecule has 0 bridgehead atoms. The molecule has 2 aliphatic heterocycles. The Kier molecular flexibility index (Phi) is 4.70. The van der Waals surface area contributed by atoms with Crippen molar-refractivity contribution in [2.75, 3.05) is 26.2 Å². The number of hydrogen-bond acceptors (Lipinski definition) is 4. The molecule has 0 radical (unpaired) electrons. The fraction of sp³-hybridized carbons (Fsp3) is 0.667. The summed E-state index contributed by atoms with van der Waals surface area (Å²) < 4.78 is 0. The smallest absolute Gasteiger partial charge is 0.221 e. The summed E-state index contributed by atoms with van der Waals surface area (Å²) in [4.78, 5) is 15.8. The van der Waals surface area contributed by atoms with Crippen molar-refractivity contribution in [2.24, 2.45) is 0 Å². The monoisotopic (exact) mass is 293 g/mol. The fourth-order valence-electron chi connectivity index (χ4n) is 3.08. The van der Waals surface area contributed by atoms with Gasteiger partial charge in [-0.05, 0) is 42.8 Å². The third-order valence-electron chi connectivity index (χ3n) is 4.23. The SMILES string of the molecule is O=C(CC1CCCN1)NCCN1CCc2sccc2C1. The summed E-state index contributed by atoms with van der Waals surface area (Å²) in [5.41, 5.74) is 1.47. The molecule has 2 N–H and O–H groups in total. The molecule has 1 saturated heterocycles. The Morgan fingerprint density at radius 1 is 1.55 bits per heavy atom. The van der Waals surface area contributed by atoms with Crippen molar-refractivity contribution in [1.29, 1.82) is 0 Å². The lowest BCUT2D eigenvalue weighted by atomic mass is 10.1. The van der Waals surface area contributed by atoms with Gasteiger partial charge >= 0.3 is 0 Å². The van der Waals surface area contributed by atoms with Crippen LogP contribution in [-0.4, -0.2) is 43.0 Å². The Morgan fingerprint density at radius 3 is 3.35 bits per heavy atom. The molecule has 1 unspecified atom stereocenters. The first-order chi connectivity index (χ1) is 9.81. The standard InChI is InChI=1S/C15H23N3OS/c19-15(10-13-2-1-5-16-13)17-6-8-18-7-3-14-12(11-18)4-9-20-14/h4,9,13,16H,1-3,5-8,10-11H2,(H,17,19). The lowest BCUT2D eigenvalue weighted by Crippen LogP contribution is -2.39. The molecule has 110 valence electrons. The van der Waals surface area contributed by atoms with Crippen molar-refractivity contribution >= 4 is 17.2 Å². The second-order valence-corrected chi connectivity index (χ2v) is 6.74. The molecule has 1 atom stereocenters. The summed E-state index contributed by atoms with van der Waals surface area (Å²) in [6.07, 6.45) is 4.14. The zero-order chi connectivity index (χ0) is 13.8. The van der Waals surface area contributed by atoms with Gasteiger partial charge in [0.25, 0.3) is 0 Å². The van der Waals surface area contributed by atoms with Gasteiger partial charge in [-0.3, -0.25) is 9.69 Å². The van der Waals surface area contributed by atoms with Crippen molar-refractivity contribution in [3.63, 3.8) is 0 Å². The minimum atomic E-state index is 0.192. The molecule has 0 aliphatic carbocycles. The normalized spacial score (nSPS) is 22.7. The number of fused-ring (bicyclic) bond motifs is 1. The molecule has 0 aromatic carbocycles. The summed E-state index contributed by atoms with van der Waals surface area (Å²) in [5, 5.41) is 8.61. The van der Waals surface area contributed by atoms with Gasteiger partial charge in [-0.15, -0.1) is 11.3 Å². The second kappa shape index (κ2) is 6.70. The van der Waals surface area contributed by atoms with E-state index in [1.807, 2.05) is 11.3 Å². The van der Waals surface area contributed by atoms with E-state index in [0.717, 1.165) is 45.6 Å². The maximum absolute atomic E-state index is 11.8. The summed E-state index contributed by atoms with van der Waals surface area (Å²) in [6.45, 7) is 4.95. The fourth-order valence-corrected chi connectivity index (χ4v) is 3.97. The zero-order valence-electron chi connectivity index (χ0n) is 11.9. The van der Waals surface area contributed by atoms with E-state index in [1.165, 1.54) is 16.9 Å². The van der Waals surface area contributed by atoms with Crippen molar-refractivity contribution < 1.29 is 4.79 Å². The Labute approximate surface area is 124 Å². The minimum Gasteiger partial charge on any atom is -0.355 e. The lowest BCUT2D eigenvalue weighted by molar-refractivity contribution is -0.121. The van der Waals surface area contributed by atoms with Crippen molar-refractivity contribution in [1.82, 2.24) is 15.5 Å². The second-order valence-electron chi connectivity index (χ2n) is 5.74. The van der Waals surface area contributed by atoms with E-state index >= 15 is 0 Å². The van der Waals surface area contributed by atoms with Crippen molar-refractivity contribution in [3.05, 3.63) is 21.9 Å². The first-order valence-electron chi connectivity index (χ1n) is 7.59. The number of nitrogens with one attached hydrogen (secondary N) is 2. The van der Waals surface area contributed by atoms with Crippen LogP contribution >= 0.6 is 11.3 Å². The molecule has 3 heterocycles. The van der Waals surface area contributed by atoms with Crippen molar-refractivity contribution in [2.45, 2.75) is 38.3 Å². The lowest BCUT2D eigenvalue weighted by Gasteiger charge is -2.26. The molecule has 3 rings (SSSR count). The molecule has 2 aliphatic rings. The van der Waals surface area contributed by atoms with Crippen LogP contribution in [-0.2, 0) is 17.8 Å². The van der Waals surface area contributed by atoms with Gasteiger partial charge in [-0.2, -0.15) is 0 Å². The van der Waals surface area contributed by atoms with E-state index in [2.05, 4.69) is 27.0 Å². The average molecular weight is 293 g/mol. The first-order valence-corrected chi connectivity index (χ1v) is 8.47. The summed E-state index contributed by atoms with van der Waals surface area (Å²) >= 11 is 1.87. The first kappa shape index (κ1) is 14.0. The number of amides is 1. The molecule has 1 aromatic heterocycles. The van der Waals surface area contributed by atoms with Gasteiger partial charge < -0.3 is 10.6 Å². The van der Waals surface area contributed by atoms with E-state index in [9.17, 15) is 4.79 Å². The largest absolute Gasteiger partial charge is 0.355 e. The number of carbonyl (C=O) groups is 1. The van der Waals surface area contributed by atoms with Crippen LogP contribution in [0.4, 0.5) is 0 Å². The van der Waals surface area contributed by atoms with E-state index in [4.69, 9.17) is 0 Å². The maximum atomic E-state index is 11.8. The van der Waals surface area contributed by atoms with Crippen LogP contribution in [0.25, 0.3) is 0 Å². The van der Waals surface area contributed by atoms with Gasteiger partial charge in [0.05, 0.1) is 0 Å². The Hall–Kier alpha value is -0.910. The molecular formula is C15H23N3OS. The van der Waals surface area contributed by atoms with Gasteiger partial charge in [0.15, 0.2) is 0 Å². The number of carbonyl (C=O) groups excluding carboxylic acids is 1. The number of hydrogen-bond donors (Lipinski definition) is 2. The van der Waals surface area contributed by atoms with Crippen LogP contribution in [0.3, 0.4) is 0 Å². The highest BCUT2D eigenvalue weighted by Gasteiger charge is 2.19. The topological polar surface area (TPSA) is 44.4 Å². The maximum Gasteiger partial charge on any atom is 0.221 e. The van der Waals surface area contributed by atoms with Crippen LogP contribution in [0, 0.1) is 0 Å². The van der Waals surface area contributed by atoms with E-state index in [0.29, 0.717) is 12.5 Å². The minimum absolute atomic E-state index is 0.192. The van der Waals surface area contributed by atoms with E-state index < -0.39 is 0 Å². The third kappa shape index (κ3) is 3.59. The van der Waals surface area contributed by atoms with Gasteiger partial charge in [-0.1, -0.05) is 0 Å². The molecule has 0 spiro atoms. The van der Waals surface area contributed by atoms with Gasteiger partial charge in [-0.25, -0.2) is 0 Å². The highest BCUT2D eigenvalue weighted by Crippen LogP contribution is 2.23. The number of thiophene rings is 1. The van der Waals surface area contributed by atoms with Crippen molar-refractivity contribution in [3.8, 4) is 0 Å². The Morgan fingerprint density at radius 2 is 2.50 bits per heavy atom. The van der Waals surface area contributed by atoms with Gasteiger partial charge in [0, 0.05) is 43.5 Å². The molecule has 1 fully saturated rings. The Balaban J connectivity index is 1.35. The summed E-state index contributed by atoms with van der Waals surface area (Å²) in [7, 11) is 0. The molecule has 20 heavy (non-hydrogen) atoms. The molecule has 1 amide bonds.